The quantitative estimate of drug-likeness (QED) is 0.263. The van der Waals surface area contributed by atoms with Crippen molar-refractivity contribution in [3.8, 4) is 22.6 Å². The molecule has 0 fully saturated rings. The number of rotatable bonds is 4. The molecule has 1 heterocycles. The van der Waals surface area contributed by atoms with Gasteiger partial charge in [-0.1, -0.05) is 42.5 Å². The molecule has 30 heavy (non-hydrogen) atoms. The molecule has 4 aromatic carbocycles. The molecule has 5 heteroatoms. The molecule has 0 bridgehead atoms. The highest BCUT2D eigenvalue weighted by Gasteiger charge is 2.19. The zero-order valence-corrected chi connectivity index (χ0v) is 16.3. The van der Waals surface area contributed by atoms with Crippen LogP contribution in [-0.2, 0) is 0 Å². The van der Waals surface area contributed by atoms with E-state index in [9.17, 15) is 10.1 Å². The summed E-state index contributed by atoms with van der Waals surface area (Å²) in [6.07, 6.45) is 0. The van der Waals surface area contributed by atoms with Crippen LogP contribution in [0.4, 0.5) is 5.69 Å². The summed E-state index contributed by atoms with van der Waals surface area (Å²) in [5, 5.41) is 13.8. The fourth-order valence-electron chi connectivity index (χ4n) is 4.03. The Balaban J connectivity index is 1.80. The largest absolute Gasteiger partial charge is 0.497 e. The summed E-state index contributed by atoms with van der Waals surface area (Å²) in [6.45, 7) is 0. The van der Waals surface area contributed by atoms with Gasteiger partial charge in [0.25, 0.3) is 5.69 Å². The fourth-order valence-corrected chi connectivity index (χ4v) is 4.03. The van der Waals surface area contributed by atoms with Gasteiger partial charge >= 0.3 is 0 Å². The van der Waals surface area contributed by atoms with E-state index in [1.54, 1.807) is 12.1 Å². The van der Waals surface area contributed by atoms with E-state index in [1.165, 1.54) is 13.2 Å². The van der Waals surface area contributed by atoms with Crippen molar-refractivity contribution in [1.82, 2.24) is 4.57 Å². The van der Waals surface area contributed by atoms with Gasteiger partial charge in [0.05, 0.1) is 34.7 Å². The van der Waals surface area contributed by atoms with E-state index in [-0.39, 0.29) is 10.6 Å². The Kier molecular flexibility index (Phi) is 4.21. The Morgan fingerprint density at radius 2 is 1.53 bits per heavy atom. The Bertz CT molecular complexity index is 1400. The zero-order valence-electron chi connectivity index (χ0n) is 16.3. The Morgan fingerprint density at radius 1 is 0.800 bits per heavy atom. The van der Waals surface area contributed by atoms with Gasteiger partial charge in [0.15, 0.2) is 0 Å². The highest BCUT2D eigenvalue weighted by molar-refractivity contribution is 6.10. The van der Waals surface area contributed by atoms with Crippen molar-refractivity contribution in [2.24, 2.45) is 0 Å². The highest BCUT2D eigenvalue weighted by atomic mass is 16.6. The van der Waals surface area contributed by atoms with E-state index in [0.29, 0.717) is 11.3 Å². The molecule has 0 radical (unpaired) electrons. The monoisotopic (exact) mass is 394 g/mol. The van der Waals surface area contributed by atoms with Gasteiger partial charge in [-0.05, 0) is 48.0 Å². The standard InChI is InChI=1S/C25H18N2O3/c1-30-19-12-13-20(25(16-19)27(28)29)17-11-14-24-22(15-17)21-9-5-6-10-23(21)26(24)18-7-3-2-4-8-18/h2-16H,1H3. The summed E-state index contributed by atoms with van der Waals surface area (Å²) in [5.74, 6) is 0.465. The summed E-state index contributed by atoms with van der Waals surface area (Å²) < 4.78 is 7.39. The molecule has 0 amide bonds. The number of methoxy groups -OCH3 is 1. The van der Waals surface area contributed by atoms with Gasteiger partial charge in [-0.15, -0.1) is 0 Å². The predicted molar refractivity (Wildman–Crippen MR) is 119 cm³/mol. The van der Waals surface area contributed by atoms with Gasteiger partial charge in [0, 0.05) is 16.5 Å². The lowest BCUT2D eigenvalue weighted by Gasteiger charge is -2.09. The normalized spacial score (nSPS) is 11.1. The van der Waals surface area contributed by atoms with Crippen LogP contribution in [0.5, 0.6) is 5.75 Å². The smallest absolute Gasteiger partial charge is 0.280 e. The van der Waals surface area contributed by atoms with E-state index < -0.39 is 0 Å². The SMILES string of the molecule is COc1ccc(-c2ccc3c(c2)c2ccccc2n3-c2ccccc2)c([N+](=O)[O-])c1. The number of nitro benzene ring substituents is 1. The summed E-state index contributed by atoms with van der Waals surface area (Å²) in [7, 11) is 1.50. The van der Waals surface area contributed by atoms with Crippen molar-refractivity contribution in [3.63, 3.8) is 0 Å². The molecular formula is C25H18N2O3. The van der Waals surface area contributed by atoms with Crippen molar-refractivity contribution in [2.75, 3.05) is 7.11 Å². The molecule has 5 rings (SSSR count). The summed E-state index contributed by atoms with van der Waals surface area (Å²) in [6, 6.07) is 29.4. The van der Waals surface area contributed by atoms with E-state index in [2.05, 4.69) is 28.8 Å². The number of para-hydroxylation sites is 2. The summed E-state index contributed by atoms with van der Waals surface area (Å²) >= 11 is 0. The first-order chi connectivity index (χ1) is 14.7. The average molecular weight is 394 g/mol. The van der Waals surface area contributed by atoms with Crippen LogP contribution in [0.3, 0.4) is 0 Å². The lowest BCUT2D eigenvalue weighted by atomic mass is 10.0. The van der Waals surface area contributed by atoms with E-state index in [4.69, 9.17) is 4.74 Å². The third kappa shape index (κ3) is 2.79. The van der Waals surface area contributed by atoms with Crippen LogP contribution < -0.4 is 4.74 Å². The van der Waals surface area contributed by atoms with Crippen LogP contribution in [0.15, 0.2) is 91.0 Å². The molecule has 0 atom stereocenters. The number of hydrogen-bond acceptors (Lipinski definition) is 3. The molecule has 0 aliphatic heterocycles. The van der Waals surface area contributed by atoms with E-state index in [1.807, 2.05) is 48.5 Å². The average Bonchev–Trinajstić information content (AvgIpc) is 3.13. The molecule has 5 aromatic rings. The number of hydrogen-bond donors (Lipinski definition) is 0. The number of aromatic nitrogens is 1. The molecule has 146 valence electrons. The molecule has 0 aliphatic carbocycles. The number of ether oxygens (including phenoxy) is 1. The highest BCUT2D eigenvalue weighted by Crippen LogP contribution is 2.38. The molecule has 0 saturated carbocycles. The molecule has 5 nitrogen and oxygen atoms in total. The van der Waals surface area contributed by atoms with Gasteiger partial charge in [0.2, 0.25) is 0 Å². The van der Waals surface area contributed by atoms with Crippen molar-refractivity contribution >= 4 is 27.5 Å². The Hall–Kier alpha value is -4.12. The van der Waals surface area contributed by atoms with Crippen LogP contribution in [0.1, 0.15) is 0 Å². The maximum atomic E-state index is 11.7. The minimum absolute atomic E-state index is 0.0282. The summed E-state index contributed by atoms with van der Waals surface area (Å²) in [4.78, 5) is 11.3. The van der Waals surface area contributed by atoms with Crippen LogP contribution in [0.2, 0.25) is 0 Å². The Morgan fingerprint density at radius 3 is 2.30 bits per heavy atom. The topological polar surface area (TPSA) is 57.3 Å². The second-order valence-electron chi connectivity index (χ2n) is 7.06. The first kappa shape index (κ1) is 17.9. The first-order valence-corrected chi connectivity index (χ1v) is 9.59. The van der Waals surface area contributed by atoms with Crippen molar-refractivity contribution in [3.05, 3.63) is 101 Å². The lowest BCUT2D eigenvalue weighted by Crippen LogP contribution is -1.94. The Labute approximate surface area is 172 Å². The molecule has 0 spiro atoms. The molecule has 0 N–H and O–H groups in total. The van der Waals surface area contributed by atoms with Crippen molar-refractivity contribution in [2.45, 2.75) is 0 Å². The van der Waals surface area contributed by atoms with Gasteiger partial charge < -0.3 is 9.30 Å². The van der Waals surface area contributed by atoms with Gasteiger partial charge in [-0.25, -0.2) is 0 Å². The number of benzene rings is 4. The molecule has 0 aliphatic rings. The number of nitrogens with zero attached hydrogens (tertiary/aromatic N) is 2. The van der Waals surface area contributed by atoms with Gasteiger partial charge in [-0.3, -0.25) is 10.1 Å². The number of nitro groups is 1. The van der Waals surface area contributed by atoms with Crippen LogP contribution in [0, 0.1) is 10.1 Å². The molecule has 0 unspecified atom stereocenters. The molecule has 0 saturated heterocycles. The zero-order chi connectivity index (χ0) is 20.7. The first-order valence-electron chi connectivity index (χ1n) is 9.59. The van der Waals surface area contributed by atoms with E-state index in [0.717, 1.165) is 33.1 Å². The van der Waals surface area contributed by atoms with Crippen molar-refractivity contribution in [1.29, 1.82) is 0 Å². The van der Waals surface area contributed by atoms with Crippen LogP contribution >= 0.6 is 0 Å². The summed E-state index contributed by atoms with van der Waals surface area (Å²) in [5.41, 5.74) is 4.63. The second kappa shape index (κ2) is 7.04. The second-order valence-corrected chi connectivity index (χ2v) is 7.06. The maximum absolute atomic E-state index is 11.7. The van der Waals surface area contributed by atoms with Crippen molar-refractivity contribution < 1.29 is 9.66 Å². The minimum Gasteiger partial charge on any atom is -0.497 e. The van der Waals surface area contributed by atoms with E-state index >= 15 is 0 Å². The van der Waals surface area contributed by atoms with Crippen LogP contribution in [0.25, 0.3) is 38.6 Å². The lowest BCUT2D eigenvalue weighted by molar-refractivity contribution is -0.384. The minimum atomic E-state index is -0.366. The maximum Gasteiger partial charge on any atom is 0.280 e. The third-order valence-corrected chi connectivity index (χ3v) is 5.40. The molecule has 1 aromatic heterocycles. The fraction of sp³-hybridized carbons (Fsp3) is 0.0400. The van der Waals surface area contributed by atoms with Gasteiger partial charge in [0.1, 0.15) is 5.75 Å². The predicted octanol–water partition coefficient (Wildman–Crippen LogP) is 6.37. The number of fused-ring (bicyclic) bond motifs is 3. The molecular weight excluding hydrogens is 376 g/mol. The van der Waals surface area contributed by atoms with Gasteiger partial charge in [-0.2, -0.15) is 0 Å². The van der Waals surface area contributed by atoms with Crippen LogP contribution in [-0.4, -0.2) is 16.6 Å². The third-order valence-electron chi connectivity index (χ3n) is 5.40.